The maximum absolute atomic E-state index is 13.6. The number of aryl methyl sites for hydroxylation is 1. The van der Waals surface area contributed by atoms with E-state index >= 15 is 0 Å². The predicted molar refractivity (Wildman–Crippen MR) is 69.5 cm³/mol. The highest BCUT2D eigenvalue weighted by Gasteiger charge is 2.10. The normalized spacial score (nSPS) is 11.1. The van der Waals surface area contributed by atoms with Crippen LogP contribution in [0.15, 0.2) is 30.6 Å². The molecule has 1 N–H and O–H groups in total. The van der Waals surface area contributed by atoms with Crippen molar-refractivity contribution in [2.24, 2.45) is 0 Å². The van der Waals surface area contributed by atoms with Gasteiger partial charge in [-0.05, 0) is 19.5 Å². The van der Waals surface area contributed by atoms with Crippen LogP contribution in [0.2, 0.25) is 0 Å². The fourth-order valence-electron chi connectivity index (χ4n) is 1.91. The number of aromatic amines is 1. The van der Waals surface area contributed by atoms with Crippen LogP contribution < -0.4 is 0 Å². The van der Waals surface area contributed by atoms with Crippen LogP contribution in [0, 0.1) is 12.7 Å². The van der Waals surface area contributed by atoms with Crippen molar-refractivity contribution in [3.63, 3.8) is 0 Å². The number of hydrogen-bond donors (Lipinski definition) is 1. The molecule has 3 nitrogen and oxygen atoms in total. The Kier molecular flexibility index (Phi) is 4.10. The molecule has 0 aliphatic heterocycles. The highest BCUT2D eigenvalue weighted by Crippen LogP contribution is 2.12. The third kappa shape index (κ3) is 2.96. The first-order chi connectivity index (χ1) is 8.70. The second-order valence-electron chi connectivity index (χ2n) is 4.37. The minimum Gasteiger partial charge on any atom is -0.348 e. The Balaban J connectivity index is 2.06. The van der Waals surface area contributed by atoms with Gasteiger partial charge in [-0.1, -0.05) is 25.1 Å². The molecule has 0 unspecified atom stereocenters. The number of nitrogens with one attached hydrogen (secondary N) is 1. The van der Waals surface area contributed by atoms with Crippen LogP contribution >= 0.6 is 0 Å². The molecule has 1 aromatic heterocycles. The fourth-order valence-corrected chi connectivity index (χ4v) is 1.91. The summed E-state index contributed by atoms with van der Waals surface area (Å²) < 4.78 is 13.6. The quantitative estimate of drug-likeness (QED) is 0.881. The number of H-pyrrole nitrogens is 1. The van der Waals surface area contributed by atoms with Gasteiger partial charge in [-0.2, -0.15) is 0 Å². The standard InChI is InChI=1S/C14H18FN3/c1-3-18(9-14-11(2)16-10-17-14)8-12-6-4-5-7-13(12)15/h4-7,10H,3,8-9H2,1-2H3,(H,16,17). The first kappa shape index (κ1) is 12.8. The Hall–Kier alpha value is -1.68. The molecule has 0 aliphatic rings. The van der Waals surface area contributed by atoms with Crippen LogP contribution in [0.5, 0.6) is 0 Å². The minimum absolute atomic E-state index is 0.144. The van der Waals surface area contributed by atoms with Crippen LogP contribution in [-0.2, 0) is 13.1 Å². The summed E-state index contributed by atoms with van der Waals surface area (Å²) in [5.41, 5.74) is 2.82. The SMILES string of the molecule is CCN(Cc1ccccc1F)Cc1nc[nH]c1C. The zero-order valence-electron chi connectivity index (χ0n) is 10.8. The smallest absolute Gasteiger partial charge is 0.127 e. The van der Waals surface area contributed by atoms with Gasteiger partial charge in [0.1, 0.15) is 5.82 Å². The number of benzene rings is 1. The van der Waals surface area contributed by atoms with Crippen molar-refractivity contribution in [1.29, 1.82) is 0 Å². The van der Waals surface area contributed by atoms with Gasteiger partial charge in [-0.25, -0.2) is 9.37 Å². The molecule has 0 radical (unpaired) electrons. The Bertz CT molecular complexity index is 507. The lowest BCUT2D eigenvalue weighted by molar-refractivity contribution is 0.264. The topological polar surface area (TPSA) is 31.9 Å². The van der Waals surface area contributed by atoms with E-state index in [0.29, 0.717) is 6.54 Å². The lowest BCUT2D eigenvalue weighted by Gasteiger charge is -2.20. The molecule has 0 spiro atoms. The molecule has 0 saturated carbocycles. The van der Waals surface area contributed by atoms with Crippen molar-refractivity contribution in [1.82, 2.24) is 14.9 Å². The van der Waals surface area contributed by atoms with E-state index in [1.807, 2.05) is 19.1 Å². The van der Waals surface area contributed by atoms with Crippen molar-refractivity contribution in [3.05, 3.63) is 53.4 Å². The molecule has 0 amide bonds. The Morgan fingerprint density at radius 2 is 2.06 bits per heavy atom. The van der Waals surface area contributed by atoms with Crippen LogP contribution in [-0.4, -0.2) is 21.4 Å². The number of aromatic nitrogens is 2. The highest BCUT2D eigenvalue weighted by molar-refractivity contribution is 5.17. The molecule has 0 bridgehead atoms. The number of rotatable bonds is 5. The zero-order valence-corrected chi connectivity index (χ0v) is 10.8. The molecule has 0 fully saturated rings. The second kappa shape index (κ2) is 5.78. The van der Waals surface area contributed by atoms with Crippen LogP contribution in [0.1, 0.15) is 23.9 Å². The largest absolute Gasteiger partial charge is 0.348 e. The van der Waals surface area contributed by atoms with Crippen LogP contribution in [0.4, 0.5) is 4.39 Å². The summed E-state index contributed by atoms with van der Waals surface area (Å²) in [6.07, 6.45) is 1.70. The fraction of sp³-hybridized carbons (Fsp3) is 0.357. The van der Waals surface area contributed by atoms with E-state index in [9.17, 15) is 4.39 Å². The molecule has 0 aliphatic carbocycles. The summed E-state index contributed by atoms with van der Waals surface area (Å²) in [6.45, 7) is 6.28. The van der Waals surface area contributed by atoms with Gasteiger partial charge in [-0.15, -0.1) is 0 Å². The monoisotopic (exact) mass is 247 g/mol. The molecule has 4 heteroatoms. The molecule has 2 rings (SSSR count). The molecule has 0 saturated heterocycles. The highest BCUT2D eigenvalue weighted by atomic mass is 19.1. The summed E-state index contributed by atoms with van der Waals surface area (Å²) in [6, 6.07) is 6.91. The van der Waals surface area contributed by atoms with Gasteiger partial charge in [0, 0.05) is 24.3 Å². The predicted octanol–water partition coefficient (Wildman–Crippen LogP) is 2.88. The number of halogens is 1. The number of imidazole rings is 1. The van der Waals surface area contributed by atoms with E-state index in [1.165, 1.54) is 6.07 Å². The van der Waals surface area contributed by atoms with Gasteiger partial charge in [0.2, 0.25) is 0 Å². The summed E-state index contributed by atoms with van der Waals surface area (Å²) in [5, 5.41) is 0. The minimum atomic E-state index is -0.144. The van der Waals surface area contributed by atoms with Gasteiger partial charge in [-0.3, -0.25) is 4.90 Å². The van der Waals surface area contributed by atoms with Gasteiger partial charge < -0.3 is 4.98 Å². The molecule has 18 heavy (non-hydrogen) atoms. The Morgan fingerprint density at radius 1 is 1.28 bits per heavy atom. The zero-order chi connectivity index (χ0) is 13.0. The molecular weight excluding hydrogens is 229 g/mol. The number of nitrogens with zero attached hydrogens (tertiary/aromatic N) is 2. The summed E-state index contributed by atoms with van der Waals surface area (Å²) in [7, 11) is 0. The van der Waals surface area contributed by atoms with Crippen molar-refractivity contribution >= 4 is 0 Å². The third-order valence-electron chi connectivity index (χ3n) is 3.11. The summed E-state index contributed by atoms with van der Waals surface area (Å²) in [5.74, 6) is -0.144. The van der Waals surface area contributed by atoms with Crippen molar-refractivity contribution in [2.45, 2.75) is 26.9 Å². The average molecular weight is 247 g/mol. The van der Waals surface area contributed by atoms with Crippen molar-refractivity contribution in [2.75, 3.05) is 6.54 Å². The molecule has 1 aromatic carbocycles. The first-order valence-electron chi connectivity index (χ1n) is 6.15. The van der Waals surface area contributed by atoms with Gasteiger partial charge in [0.15, 0.2) is 0 Å². The third-order valence-corrected chi connectivity index (χ3v) is 3.11. The van der Waals surface area contributed by atoms with Gasteiger partial charge in [0.25, 0.3) is 0 Å². The van der Waals surface area contributed by atoms with E-state index in [-0.39, 0.29) is 5.82 Å². The average Bonchev–Trinajstić information content (AvgIpc) is 2.77. The number of hydrogen-bond acceptors (Lipinski definition) is 2. The maximum atomic E-state index is 13.6. The van der Waals surface area contributed by atoms with Gasteiger partial charge in [0.05, 0.1) is 12.0 Å². The Morgan fingerprint density at radius 3 is 2.67 bits per heavy atom. The summed E-state index contributed by atoms with van der Waals surface area (Å²) >= 11 is 0. The molecule has 96 valence electrons. The summed E-state index contributed by atoms with van der Waals surface area (Å²) in [4.78, 5) is 9.51. The lowest BCUT2D eigenvalue weighted by atomic mass is 10.2. The lowest BCUT2D eigenvalue weighted by Crippen LogP contribution is -2.23. The Labute approximate surface area is 107 Å². The first-order valence-corrected chi connectivity index (χ1v) is 6.15. The van der Waals surface area contributed by atoms with Crippen LogP contribution in [0.25, 0.3) is 0 Å². The van der Waals surface area contributed by atoms with Gasteiger partial charge >= 0.3 is 0 Å². The molecule has 2 aromatic rings. The van der Waals surface area contributed by atoms with E-state index in [0.717, 1.165) is 30.0 Å². The van der Waals surface area contributed by atoms with Crippen molar-refractivity contribution in [3.8, 4) is 0 Å². The molecule has 0 atom stereocenters. The van der Waals surface area contributed by atoms with E-state index in [1.54, 1.807) is 12.4 Å². The molecule has 1 heterocycles. The van der Waals surface area contributed by atoms with E-state index in [4.69, 9.17) is 0 Å². The molecular formula is C14H18FN3. The van der Waals surface area contributed by atoms with Crippen molar-refractivity contribution < 1.29 is 4.39 Å². The second-order valence-corrected chi connectivity index (χ2v) is 4.37. The van der Waals surface area contributed by atoms with Crippen LogP contribution in [0.3, 0.4) is 0 Å². The van der Waals surface area contributed by atoms with E-state index in [2.05, 4.69) is 21.8 Å². The maximum Gasteiger partial charge on any atom is 0.127 e. The van der Waals surface area contributed by atoms with E-state index < -0.39 is 0 Å².